The van der Waals surface area contributed by atoms with Gasteiger partial charge in [0.25, 0.3) is 0 Å². The van der Waals surface area contributed by atoms with E-state index in [4.69, 9.17) is 5.73 Å². The number of nitrogens with two attached hydrogens (primary N) is 1. The fourth-order valence-corrected chi connectivity index (χ4v) is 4.16. The second kappa shape index (κ2) is 4.91. The molecule has 3 N–H and O–H groups in total. The molecule has 0 spiro atoms. The summed E-state index contributed by atoms with van der Waals surface area (Å²) in [6.07, 6.45) is 5.62. The van der Waals surface area contributed by atoms with E-state index in [1.165, 1.54) is 23.3 Å². The van der Waals surface area contributed by atoms with Crippen molar-refractivity contribution in [3.63, 3.8) is 0 Å². The van der Waals surface area contributed by atoms with Crippen molar-refractivity contribution in [2.45, 2.75) is 50.5 Å². The molecule has 2 atom stereocenters. The summed E-state index contributed by atoms with van der Waals surface area (Å²) in [6, 6.07) is 2.13. The molecule has 2 unspecified atom stereocenters. The molecule has 3 rings (SSSR count). The number of thiophene rings is 1. The zero-order valence-corrected chi connectivity index (χ0v) is 12.3. The molecule has 1 saturated carbocycles. The van der Waals surface area contributed by atoms with Gasteiger partial charge in [-0.15, -0.1) is 11.3 Å². The molecule has 4 heteroatoms. The Bertz CT molecular complexity index is 480. The number of fused-ring (bicyclic) bond motifs is 1. The van der Waals surface area contributed by atoms with E-state index in [0.717, 1.165) is 19.3 Å². The van der Waals surface area contributed by atoms with Crippen molar-refractivity contribution in [1.82, 2.24) is 5.32 Å². The van der Waals surface area contributed by atoms with Crippen LogP contribution in [0.15, 0.2) is 11.4 Å². The molecular weight excluding hydrogens is 256 g/mol. The summed E-state index contributed by atoms with van der Waals surface area (Å²) in [6.45, 7) is 2.63. The molecule has 104 valence electrons. The van der Waals surface area contributed by atoms with Crippen LogP contribution in [0.25, 0.3) is 0 Å². The van der Waals surface area contributed by atoms with E-state index < -0.39 is 0 Å². The van der Waals surface area contributed by atoms with Gasteiger partial charge in [0.05, 0.1) is 11.5 Å². The summed E-state index contributed by atoms with van der Waals surface area (Å²) < 4.78 is 0. The highest BCUT2D eigenvalue weighted by Crippen LogP contribution is 2.40. The quantitative estimate of drug-likeness (QED) is 0.888. The van der Waals surface area contributed by atoms with Crippen LogP contribution in [-0.4, -0.2) is 18.0 Å². The van der Waals surface area contributed by atoms with Gasteiger partial charge in [0.15, 0.2) is 0 Å². The van der Waals surface area contributed by atoms with Crippen LogP contribution >= 0.6 is 11.3 Å². The number of amides is 1. The molecule has 0 radical (unpaired) electrons. The van der Waals surface area contributed by atoms with E-state index in [9.17, 15) is 4.79 Å². The lowest BCUT2D eigenvalue weighted by molar-refractivity contribution is -0.124. The van der Waals surface area contributed by atoms with Gasteiger partial charge in [0.1, 0.15) is 0 Å². The molecule has 19 heavy (non-hydrogen) atoms. The molecule has 2 aliphatic rings. The molecule has 0 saturated heterocycles. The molecule has 2 aliphatic carbocycles. The highest BCUT2D eigenvalue weighted by atomic mass is 32.1. The van der Waals surface area contributed by atoms with E-state index in [1.54, 1.807) is 11.3 Å². The Morgan fingerprint density at radius 3 is 3.00 bits per heavy atom. The van der Waals surface area contributed by atoms with Crippen LogP contribution in [-0.2, 0) is 11.2 Å². The van der Waals surface area contributed by atoms with Gasteiger partial charge >= 0.3 is 0 Å². The monoisotopic (exact) mass is 278 g/mol. The lowest BCUT2D eigenvalue weighted by Gasteiger charge is -2.32. The first-order valence-electron chi connectivity index (χ1n) is 7.22. The summed E-state index contributed by atoms with van der Waals surface area (Å²) in [5, 5.41) is 5.36. The second-order valence-corrected chi connectivity index (χ2v) is 7.13. The van der Waals surface area contributed by atoms with Crippen molar-refractivity contribution in [2.75, 3.05) is 6.54 Å². The van der Waals surface area contributed by atoms with Crippen molar-refractivity contribution in [3.05, 3.63) is 21.9 Å². The van der Waals surface area contributed by atoms with Gasteiger partial charge in [0.2, 0.25) is 5.91 Å². The van der Waals surface area contributed by atoms with Gasteiger partial charge in [-0.3, -0.25) is 4.79 Å². The Kier molecular flexibility index (Phi) is 3.39. The van der Waals surface area contributed by atoms with E-state index in [0.29, 0.717) is 12.5 Å². The number of carbonyl (C=O) groups is 1. The SMILES string of the molecule is CC(CN)(NC(=O)C1CCCc2sccc21)C1CC1. The smallest absolute Gasteiger partial charge is 0.228 e. The van der Waals surface area contributed by atoms with Crippen molar-refractivity contribution in [3.8, 4) is 0 Å². The third-order valence-electron chi connectivity index (χ3n) is 4.68. The largest absolute Gasteiger partial charge is 0.349 e. The summed E-state index contributed by atoms with van der Waals surface area (Å²) in [7, 11) is 0. The highest BCUT2D eigenvalue weighted by molar-refractivity contribution is 7.10. The predicted molar refractivity (Wildman–Crippen MR) is 78.3 cm³/mol. The number of aryl methyl sites for hydroxylation is 1. The van der Waals surface area contributed by atoms with Crippen molar-refractivity contribution >= 4 is 17.2 Å². The first-order valence-corrected chi connectivity index (χ1v) is 8.10. The Labute approximate surface area is 118 Å². The molecule has 1 amide bonds. The minimum Gasteiger partial charge on any atom is -0.349 e. The minimum atomic E-state index is -0.204. The highest BCUT2D eigenvalue weighted by Gasteiger charge is 2.42. The molecule has 1 heterocycles. The molecular formula is C15H22N2OS. The topological polar surface area (TPSA) is 55.1 Å². The van der Waals surface area contributed by atoms with Gasteiger partial charge in [-0.05, 0) is 62.0 Å². The van der Waals surface area contributed by atoms with Crippen LogP contribution in [0.4, 0.5) is 0 Å². The third kappa shape index (κ3) is 2.43. The fraction of sp³-hybridized carbons (Fsp3) is 0.667. The van der Waals surface area contributed by atoms with Gasteiger partial charge in [-0.2, -0.15) is 0 Å². The summed E-state index contributed by atoms with van der Waals surface area (Å²) in [5.41, 5.74) is 6.94. The van der Waals surface area contributed by atoms with Crippen LogP contribution < -0.4 is 11.1 Å². The predicted octanol–water partition coefficient (Wildman–Crippen LogP) is 2.41. The second-order valence-electron chi connectivity index (χ2n) is 6.13. The standard InChI is InChI=1S/C15H22N2OS/c1-15(9-16,10-5-6-10)17-14(18)12-3-2-4-13-11(12)7-8-19-13/h7-8,10,12H,2-6,9,16H2,1H3,(H,17,18). The lowest BCUT2D eigenvalue weighted by Crippen LogP contribution is -2.54. The Balaban J connectivity index is 1.75. The Hall–Kier alpha value is -0.870. The van der Waals surface area contributed by atoms with E-state index >= 15 is 0 Å². The summed E-state index contributed by atoms with van der Waals surface area (Å²) in [4.78, 5) is 14.0. The van der Waals surface area contributed by atoms with Crippen molar-refractivity contribution < 1.29 is 4.79 Å². The Morgan fingerprint density at radius 2 is 2.32 bits per heavy atom. The van der Waals surface area contributed by atoms with Gasteiger partial charge in [-0.1, -0.05) is 0 Å². The normalized spacial score (nSPS) is 25.5. The van der Waals surface area contributed by atoms with Crippen LogP contribution in [0.2, 0.25) is 0 Å². The van der Waals surface area contributed by atoms with Gasteiger partial charge in [-0.25, -0.2) is 0 Å². The maximum atomic E-state index is 12.6. The number of hydrogen-bond acceptors (Lipinski definition) is 3. The lowest BCUT2D eigenvalue weighted by atomic mass is 9.85. The van der Waals surface area contributed by atoms with E-state index in [2.05, 4.69) is 23.7 Å². The molecule has 1 fully saturated rings. The zero-order chi connectivity index (χ0) is 13.5. The first kappa shape index (κ1) is 13.1. The van der Waals surface area contributed by atoms with E-state index in [1.807, 2.05) is 0 Å². The molecule has 1 aromatic heterocycles. The van der Waals surface area contributed by atoms with Gasteiger partial charge < -0.3 is 11.1 Å². The van der Waals surface area contributed by atoms with Gasteiger partial charge in [0, 0.05) is 11.4 Å². The molecule has 1 aromatic rings. The van der Waals surface area contributed by atoms with E-state index in [-0.39, 0.29) is 17.4 Å². The maximum absolute atomic E-state index is 12.6. The minimum absolute atomic E-state index is 0.0413. The van der Waals surface area contributed by atoms with Crippen molar-refractivity contribution in [2.24, 2.45) is 11.7 Å². The first-order chi connectivity index (χ1) is 9.14. The summed E-state index contributed by atoms with van der Waals surface area (Å²) >= 11 is 1.78. The molecule has 0 bridgehead atoms. The number of rotatable bonds is 4. The maximum Gasteiger partial charge on any atom is 0.228 e. The molecule has 0 aromatic carbocycles. The van der Waals surface area contributed by atoms with Crippen LogP contribution in [0.3, 0.4) is 0 Å². The van der Waals surface area contributed by atoms with Crippen molar-refractivity contribution in [1.29, 1.82) is 0 Å². The number of hydrogen-bond donors (Lipinski definition) is 2. The Morgan fingerprint density at radius 1 is 1.53 bits per heavy atom. The average Bonchev–Trinajstić information content (AvgIpc) is 3.16. The number of nitrogens with one attached hydrogen (secondary N) is 1. The van der Waals surface area contributed by atoms with Crippen LogP contribution in [0, 0.1) is 5.92 Å². The molecule has 3 nitrogen and oxygen atoms in total. The zero-order valence-electron chi connectivity index (χ0n) is 11.4. The van der Waals surface area contributed by atoms with Crippen LogP contribution in [0.1, 0.15) is 49.0 Å². The summed E-state index contributed by atoms with van der Waals surface area (Å²) in [5.74, 6) is 0.797. The third-order valence-corrected chi connectivity index (χ3v) is 5.68. The molecule has 0 aliphatic heterocycles. The van der Waals surface area contributed by atoms with Crippen LogP contribution in [0.5, 0.6) is 0 Å². The fourth-order valence-electron chi connectivity index (χ4n) is 3.17. The average molecular weight is 278 g/mol. The number of carbonyl (C=O) groups excluding carboxylic acids is 1.